The van der Waals surface area contributed by atoms with Gasteiger partial charge in [0.15, 0.2) is 0 Å². The van der Waals surface area contributed by atoms with E-state index < -0.39 is 0 Å². The van der Waals surface area contributed by atoms with Crippen molar-refractivity contribution in [3.05, 3.63) is 224 Å². The topological polar surface area (TPSA) is 14.8 Å². The van der Waals surface area contributed by atoms with Crippen LogP contribution in [0.3, 0.4) is 0 Å². The maximum atomic E-state index is 2.45. The maximum absolute atomic E-state index is 2.45. The molecule has 0 spiro atoms. The van der Waals surface area contributed by atoms with E-state index >= 15 is 0 Å². The molecule has 0 N–H and O–H groups in total. The first kappa shape index (κ1) is 34.3. The lowest BCUT2D eigenvalue weighted by molar-refractivity contribution is 1.17. The predicted octanol–water partition coefficient (Wildman–Crippen LogP) is 16.1. The van der Waals surface area contributed by atoms with Crippen LogP contribution in [0.2, 0.25) is 0 Å². The molecule has 0 unspecified atom stereocenters. The van der Waals surface area contributed by atoms with Crippen molar-refractivity contribution in [2.24, 2.45) is 0 Å². The van der Waals surface area contributed by atoms with E-state index in [1.54, 1.807) is 0 Å². The zero-order valence-corrected chi connectivity index (χ0v) is 34.2. The third-order valence-electron chi connectivity index (χ3n) is 13.6. The third-order valence-corrected chi connectivity index (χ3v) is 13.6. The molecule has 63 heavy (non-hydrogen) atoms. The van der Waals surface area contributed by atoms with Crippen LogP contribution in [0, 0.1) is 0 Å². The van der Waals surface area contributed by atoms with Gasteiger partial charge < -0.3 is 13.7 Å². The van der Waals surface area contributed by atoms with Gasteiger partial charge in [-0.1, -0.05) is 140 Å². The third kappa shape index (κ3) is 4.90. The van der Waals surface area contributed by atoms with E-state index in [9.17, 15) is 0 Å². The van der Waals surface area contributed by atoms with Gasteiger partial charge in [-0.05, 0) is 128 Å². The monoisotopic (exact) mass is 799 g/mol. The lowest BCUT2D eigenvalue weighted by atomic mass is 9.94. The van der Waals surface area contributed by atoms with E-state index in [2.05, 4.69) is 238 Å². The van der Waals surface area contributed by atoms with Crippen molar-refractivity contribution in [1.29, 1.82) is 0 Å². The Labute approximate surface area is 362 Å². The molecule has 0 saturated carbocycles. The SMILES string of the molecule is c1ccc(-n2c3ccccc3c3cc(-n4c5ccccc5c5cc(-c6ccc7c(c6)c6ccccc6n7-c6ccc7c8ccccc8c8ccccc8c7c6)ccc54)ccc32)cc1. The standard InChI is InChI=1S/C60H37N3/c1-2-14-40(15-3-1)61-55-23-11-10-22-50(55)54-37-42(29-33-60(54)61)63-57-25-13-9-21-49(57)53-35-39(27-32-59(53)63)38-26-31-58-52(34-38)48-20-8-12-24-56(48)62(58)41-28-30-47-45-18-5-4-16-43(45)44-17-6-7-19-46(44)51(47)36-41/h1-37H. The van der Waals surface area contributed by atoms with Crippen LogP contribution in [-0.4, -0.2) is 13.7 Å². The van der Waals surface area contributed by atoms with E-state index in [4.69, 9.17) is 0 Å². The van der Waals surface area contributed by atoms with E-state index in [0.717, 1.165) is 5.69 Å². The van der Waals surface area contributed by atoms with Crippen LogP contribution < -0.4 is 0 Å². The number of para-hydroxylation sites is 4. The van der Waals surface area contributed by atoms with Crippen LogP contribution in [0.5, 0.6) is 0 Å². The first-order valence-corrected chi connectivity index (χ1v) is 21.8. The Morgan fingerprint density at radius 3 is 0.984 bits per heavy atom. The summed E-state index contributed by atoms with van der Waals surface area (Å²) in [5.41, 5.74) is 13.1. The number of hydrogen-bond acceptors (Lipinski definition) is 0. The molecule has 292 valence electrons. The highest BCUT2D eigenvalue weighted by Gasteiger charge is 2.19. The van der Waals surface area contributed by atoms with Crippen molar-refractivity contribution in [3.8, 4) is 28.2 Å². The van der Waals surface area contributed by atoms with Gasteiger partial charge in [0.25, 0.3) is 0 Å². The van der Waals surface area contributed by atoms with E-state index in [0.29, 0.717) is 0 Å². The average Bonchev–Trinajstić information content (AvgIpc) is 3.99. The minimum absolute atomic E-state index is 1.15. The average molecular weight is 800 g/mol. The number of nitrogens with zero attached hydrogens (tertiary/aromatic N) is 3. The Kier molecular flexibility index (Phi) is 7.11. The van der Waals surface area contributed by atoms with Crippen molar-refractivity contribution >= 4 is 97.7 Å². The Morgan fingerprint density at radius 1 is 0.175 bits per heavy atom. The van der Waals surface area contributed by atoms with Gasteiger partial charge in [0, 0.05) is 49.4 Å². The molecule has 3 aromatic heterocycles. The van der Waals surface area contributed by atoms with E-state index in [1.165, 1.54) is 120 Å². The minimum atomic E-state index is 1.15. The molecule has 0 aliphatic carbocycles. The first-order chi connectivity index (χ1) is 31.3. The normalized spacial score (nSPS) is 12.1. The van der Waals surface area contributed by atoms with Gasteiger partial charge in [-0.2, -0.15) is 0 Å². The van der Waals surface area contributed by atoms with Gasteiger partial charge in [0.1, 0.15) is 0 Å². The van der Waals surface area contributed by atoms with Crippen molar-refractivity contribution in [3.63, 3.8) is 0 Å². The number of hydrogen-bond donors (Lipinski definition) is 0. The number of benzene rings is 11. The molecular weight excluding hydrogens is 763 g/mol. The summed E-state index contributed by atoms with van der Waals surface area (Å²) in [5, 5.41) is 15.2. The van der Waals surface area contributed by atoms with Crippen molar-refractivity contribution < 1.29 is 0 Å². The van der Waals surface area contributed by atoms with Crippen molar-refractivity contribution in [2.45, 2.75) is 0 Å². The Hall–Kier alpha value is -8.40. The molecule has 3 heterocycles. The fourth-order valence-corrected chi connectivity index (χ4v) is 10.9. The summed E-state index contributed by atoms with van der Waals surface area (Å²) in [4.78, 5) is 0. The molecule has 0 aliphatic heterocycles. The van der Waals surface area contributed by atoms with Gasteiger partial charge in [-0.15, -0.1) is 0 Å². The predicted molar refractivity (Wildman–Crippen MR) is 267 cm³/mol. The zero-order chi connectivity index (χ0) is 41.2. The first-order valence-electron chi connectivity index (χ1n) is 21.8. The lowest BCUT2D eigenvalue weighted by Crippen LogP contribution is -1.95. The van der Waals surface area contributed by atoms with Gasteiger partial charge >= 0.3 is 0 Å². The molecule has 0 radical (unpaired) electrons. The highest BCUT2D eigenvalue weighted by molar-refractivity contribution is 6.26. The number of fused-ring (bicyclic) bond motifs is 15. The summed E-state index contributed by atoms with van der Waals surface area (Å²) in [6.45, 7) is 0. The fourth-order valence-electron chi connectivity index (χ4n) is 10.9. The van der Waals surface area contributed by atoms with Crippen LogP contribution in [0.25, 0.3) is 126 Å². The molecule has 14 rings (SSSR count). The Bertz CT molecular complexity index is 4160. The van der Waals surface area contributed by atoms with Crippen LogP contribution in [0.1, 0.15) is 0 Å². The molecule has 14 aromatic rings. The second-order valence-corrected chi connectivity index (χ2v) is 16.9. The molecule has 0 atom stereocenters. The molecule has 0 bridgehead atoms. The maximum Gasteiger partial charge on any atom is 0.0542 e. The Morgan fingerprint density at radius 2 is 0.492 bits per heavy atom. The van der Waals surface area contributed by atoms with Crippen LogP contribution >= 0.6 is 0 Å². The zero-order valence-electron chi connectivity index (χ0n) is 34.2. The quantitative estimate of drug-likeness (QED) is 0.158. The smallest absolute Gasteiger partial charge is 0.0542 e. The molecule has 3 heteroatoms. The second kappa shape index (κ2) is 13.1. The molecule has 11 aromatic carbocycles. The number of aromatic nitrogens is 3. The van der Waals surface area contributed by atoms with Gasteiger partial charge in [0.05, 0.1) is 33.1 Å². The molecule has 0 amide bonds. The lowest BCUT2D eigenvalue weighted by Gasteiger charge is -2.14. The molecule has 0 saturated heterocycles. The molecule has 3 nitrogen and oxygen atoms in total. The molecular formula is C60H37N3. The van der Waals surface area contributed by atoms with E-state index in [-0.39, 0.29) is 0 Å². The number of rotatable bonds is 4. The second-order valence-electron chi connectivity index (χ2n) is 16.9. The summed E-state index contributed by atoms with van der Waals surface area (Å²) in [7, 11) is 0. The Balaban J connectivity index is 0.929. The fraction of sp³-hybridized carbons (Fsp3) is 0. The van der Waals surface area contributed by atoms with Crippen LogP contribution in [-0.2, 0) is 0 Å². The summed E-state index contributed by atoms with van der Waals surface area (Å²) >= 11 is 0. The molecule has 0 fully saturated rings. The summed E-state index contributed by atoms with van der Waals surface area (Å²) in [6, 6.07) is 82.8. The molecule has 0 aliphatic rings. The highest BCUT2D eigenvalue weighted by atomic mass is 15.0. The highest BCUT2D eigenvalue weighted by Crippen LogP contribution is 2.42. The van der Waals surface area contributed by atoms with Gasteiger partial charge in [-0.25, -0.2) is 0 Å². The van der Waals surface area contributed by atoms with Crippen LogP contribution in [0.4, 0.5) is 0 Å². The summed E-state index contributed by atoms with van der Waals surface area (Å²) < 4.78 is 7.27. The van der Waals surface area contributed by atoms with Gasteiger partial charge in [-0.3, -0.25) is 0 Å². The van der Waals surface area contributed by atoms with Crippen LogP contribution in [0.15, 0.2) is 224 Å². The summed E-state index contributed by atoms with van der Waals surface area (Å²) in [6.07, 6.45) is 0. The van der Waals surface area contributed by atoms with E-state index in [1.807, 2.05) is 0 Å². The van der Waals surface area contributed by atoms with Gasteiger partial charge in [0.2, 0.25) is 0 Å². The van der Waals surface area contributed by atoms with Crippen molar-refractivity contribution in [2.75, 3.05) is 0 Å². The minimum Gasteiger partial charge on any atom is -0.309 e. The van der Waals surface area contributed by atoms with Crippen molar-refractivity contribution in [1.82, 2.24) is 13.7 Å². The largest absolute Gasteiger partial charge is 0.309 e. The summed E-state index contributed by atoms with van der Waals surface area (Å²) in [5.74, 6) is 0.